The maximum Gasteiger partial charge on any atom is 0.167 e. The van der Waals surface area contributed by atoms with Crippen LogP contribution >= 0.6 is 0 Å². The smallest absolute Gasteiger partial charge is 0.167 e. The Kier molecular flexibility index (Phi) is 10.3. The Labute approximate surface area is 171 Å². The van der Waals surface area contributed by atoms with Crippen molar-refractivity contribution in [2.24, 2.45) is 23.7 Å². The van der Waals surface area contributed by atoms with Gasteiger partial charge in [-0.05, 0) is 42.9 Å². The Morgan fingerprint density at radius 3 is 1.50 bits per heavy atom. The normalized spacial score (nSPS) is 20.3. The number of ketones is 1. The lowest BCUT2D eigenvalue weighted by atomic mass is 9.59. The molecular formula is C22H44O6. The first-order valence-corrected chi connectivity index (χ1v) is 10.6. The maximum atomic E-state index is 13.2. The SMILES string of the molecule is CC(C)CC(=O)[C@@](O)(CC(C)C)[C@](O)(CC(C)C)[C@@](O)(CC(C)C)[C@H](O)CO. The third-order valence-corrected chi connectivity index (χ3v) is 5.31. The average Bonchev–Trinajstić information content (AvgIpc) is 2.50. The Morgan fingerprint density at radius 2 is 1.18 bits per heavy atom. The second kappa shape index (κ2) is 10.5. The molecule has 0 aromatic heterocycles. The molecule has 0 aromatic carbocycles. The maximum absolute atomic E-state index is 13.2. The molecule has 0 saturated carbocycles. The molecule has 0 aliphatic carbocycles. The van der Waals surface area contributed by atoms with Crippen LogP contribution in [0.3, 0.4) is 0 Å². The van der Waals surface area contributed by atoms with E-state index in [1.807, 2.05) is 55.4 Å². The molecule has 28 heavy (non-hydrogen) atoms. The third-order valence-electron chi connectivity index (χ3n) is 5.31. The predicted octanol–water partition coefficient (Wildman–Crippen LogP) is 2.29. The van der Waals surface area contributed by atoms with E-state index < -0.39 is 35.3 Å². The lowest BCUT2D eigenvalue weighted by Gasteiger charge is -2.55. The van der Waals surface area contributed by atoms with Crippen molar-refractivity contribution in [3.63, 3.8) is 0 Å². The van der Waals surface area contributed by atoms with Crippen LogP contribution < -0.4 is 0 Å². The van der Waals surface area contributed by atoms with Crippen molar-refractivity contribution < 1.29 is 30.3 Å². The molecule has 0 aliphatic heterocycles. The molecule has 6 nitrogen and oxygen atoms in total. The van der Waals surface area contributed by atoms with E-state index in [9.17, 15) is 30.3 Å². The number of rotatable bonds is 13. The topological polar surface area (TPSA) is 118 Å². The number of Topliss-reactive ketones (excluding diaryl/α,β-unsaturated/α-hetero) is 1. The average molecular weight is 405 g/mol. The quantitative estimate of drug-likeness (QED) is 0.321. The van der Waals surface area contributed by atoms with E-state index in [2.05, 4.69) is 0 Å². The zero-order valence-corrected chi connectivity index (χ0v) is 19.1. The largest absolute Gasteiger partial charge is 0.394 e. The van der Waals surface area contributed by atoms with Crippen molar-refractivity contribution in [3.05, 3.63) is 0 Å². The highest BCUT2D eigenvalue weighted by atomic mass is 16.4. The highest BCUT2D eigenvalue weighted by Crippen LogP contribution is 2.47. The summed E-state index contributed by atoms with van der Waals surface area (Å²) in [5, 5.41) is 55.4. The van der Waals surface area contributed by atoms with Gasteiger partial charge in [0.2, 0.25) is 0 Å². The molecule has 0 saturated heterocycles. The first-order valence-electron chi connectivity index (χ1n) is 10.6. The van der Waals surface area contributed by atoms with Gasteiger partial charge in [0.1, 0.15) is 17.3 Å². The standard InChI is InChI=1S/C22H44O6/c1-14(2)9-18(24)20(26,10-15(3)4)22(28,12-17(7)8)21(27,11-16(5)6)19(25)13-23/h14-17,19,23,25-28H,9-13H2,1-8H3/t19-,20+,21-,22-/m1/s1. The number of carbonyl (C=O) groups excluding carboxylic acids is 1. The number of hydrogen-bond donors (Lipinski definition) is 5. The van der Waals surface area contributed by atoms with Crippen molar-refractivity contribution in [2.75, 3.05) is 6.61 Å². The van der Waals surface area contributed by atoms with E-state index in [1.165, 1.54) is 0 Å². The summed E-state index contributed by atoms with van der Waals surface area (Å²) in [6.45, 7) is 13.8. The number of hydrogen-bond acceptors (Lipinski definition) is 6. The van der Waals surface area contributed by atoms with Crippen LogP contribution in [0.1, 0.15) is 81.1 Å². The molecule has 168 valence electrons. The molecule has 0 fully saturated rings. The summed E-state index contributed by atoms with van der Waals surface area (Å²) >= 11 is 0. The monoisotopic (exact) mass is 404 g/mol. The Balaban J connectivity index is 6.79. The summed E-state index contributed by atoms with van der Waals surface area (Å²) in [6, 6.07) is 0. The molecule has 0 bridgehead atoms. The van der Waals surface area contributed by atoms with Crippen molar-refractivity contribution in [3.8, 4) is 0 Å². The number of aliphatic hydroxyl groups is 5. The molecule has 6 heteroatoms. The first kappa shape index (κ1) is 27.5. The Morgan fingerprint density at radius 1 is 0.750 bits per heavy atom. The van der Waals surface area contributed by atoms with Gasteiger partial charge in [-0.3, -0.25) is 4.79 Å². The van der Waals surface area contributed by atoms with Crippen molar-refractivity contribution in [2.45, 2.75) is 104 Å². The minimum Gasteiger partial charge on any atom is -0.394 e. The van der Waals surface area contributed by atoms with E-state index in [0.29, 0.717) is 0 Å². The van der Waals surface area contributed by atoms with Gasteiger partial charge in [0, 0.05) is 6.42 Å². The summed E-state index contributed by atoms with van der Waals surface area (Å²) in [5.41, 5.74) is -6.83. The second-order valence-electron chi connectivity index (χ2n) is 10.2. The molecule has 0 unspecified atom stereocenters. The van der Waals surface area contributed by atoms with Crippen molar-refractivity contribution in [1.29, 1.82) is 0 Å². The molecule has 4 atom stereocenters. The van der Waals surface area contributed by atoms with E-state index in [1.54, 1.807) is 0 Å². The minimum atomic E-state index is -2.32. The molecule has 0 radical (unpaired) electrons. The van der Waals surface area contributed by atoms with Crippen LogP contribution in [0.5, 0.6) is 0 Å². The highest BCUT2D eigenvalue weighted by Gasteiger charge is 2.66. The van der Waals surface area contributed by atoms with Crippen LogP contribution in [0, 0.1) is 23.7 Å². The van der Waals surface area contributed by atoms with Gasteiger partial charge in [0.15, 0.2) is 11.4 Å². The van der Waals surface area contributed by atoms with Gasteiger partial charge in [0.05, 0.1) is 6.61 Å². The van der Waals surface area contributed by atoms with E-state index in [0.717, 1.165) is 0 Å². The zero-order chi connectivity index (χ0) is 22.5. The van der Waals surface area contributed by atoms with Gasteiger partial charge in [-0.2, -0.15) is 0 Å². The van der Waals surface area contributed by atoms with Crippen molar-refractivity contribution >= 4 is 5.78 Å². The van der Waals surface area contributed by atoms with Crippen LogP contribution in [0.15, 0.2) is 0 Å². The lowest BCUT2D eigenvalue weighted by molar-refractivity contribution is -0.283. The Bertz CT molecular complexity index is 489. The summed E-state index contributed by atoms with van der Waals surface area (Å²) in [5.74, 6) is -1.08. The van der Waals surface area contributed by atoms with Crippen LogP contribution in [0.2, 0.25) is 0 Å². The van der Waals surface area contributed by atoms with Gasteiger partial charge < -0.3 is 25.5 Å². The van der Waals surface area contributed by atoms with Gasteiger partial charge in [-0.1, -0.05) is 55.4 Å². The van der Waals surface area contributed by atoms with E-state index in [4.69, 9.17) is 0 Å². The molecule has 0 heterocycles. The van der Waals surface area contributed by atoms with Crippen LogP contribution in [-0.4, -0.2) is 60.8 Å². The summed E-state index contributed by atoms with van der Waals surface area (Å²) in [7, 11) is 0. The molecule has 5 N–H and O–H groups in total. The fourth-order valence-corrected chi connectivity index (χ4v) is 4.29. The molecule has 0 spiro atoms. The molecule has 0 aromatic rings. The summed E-state index contributed by atoms with van der Waals surface area (Å²) in [4.78, 5) is 13.2. The third kappa shape index (κ3) is 5.99. The summed E-state index contributed by atoms with van der Waals surface area (Å²) in [6.07, 6.45) is -1.89. The minimum absolute atomic E-state index is 0.0383. The second-order valence-corrected chi connectivity index (χ2v) is 10.2. The van der Waals surface area contributed by atoms with Gasteiger partial charge in [0.25, 0.3) is 0 Å². The van der Waals surface area contributed by atoms with Crippen molar-refractivity contribution in [1.82, 2.24) is 0 Å². The van der Waals surface area contributed by atoms with E-state index >= 15 is 0 Å². The van der Waals surface area contributed by atoms with Gasteiger partial charge in [-0.25, -0.2) is 0 Å². The van der Waals surface area contributed by atoms with Crippen LogP contribution in [0.4, 0.5) is 0 Å². The predicted molar refractivity (Wildman–Crippen MR) is 111 cm³/mol. The highest BCUT2D eigenvalue weighted by molar-refractivity contribution is 5.89. The fraction of sp³-hybridized carbons (Fsp3) is 0.955. The first-order chi connectivity index (χ1) is 12.6. The number of carbonyl (C=O) groups is 1. The Hall–Kier alpha value is -0.530. The number of aliphatic hydroxyl groups excluding tert-OH is 2. The van der Waals surface area contributed by atoms with Crippen LogP contribution in [-0.2, 0) is 4.79 Å². The van der Waals surface area contributed by atoms with Crippen LogP contribution in [0.25, 0.3) is 0 Å². The molecular weight excluding hydrogens is 360 g/mol. The lowest BCUT2D eigenvalue weighted by Crippen LogP contribution is -2.75. The van der Waals surface area contributed by atoms with Gasteiger partial charge in [-0.15, -0.1) is 0 Å². The summed E-state index contributed by atoms with van der Waals surface area (Å²) < 4.78 is 0. The van der Waals surface area contributed by atoms with E-state index in [-0.39, 0.29) is 49.4 Å². The zero-order valence-electron chi connectivity index (χ0n) is 19.1. The van der Waals surface area contributed by atoms with Gasteiger partial charge >= 0.3 is 0 Å². The molecule has 0 amide bonds. The molecule has 0 aliphatic rings. The fourth-order valence-electron chi connectivity index (χ4n) is 4.29. The molecule has 0 rings (SSSR count).